The lowest BCUT2D eigenvalue weighted by Crippen LogP contribution is -2.03. The van der Waals surface area contributed by atoms with Gasteiger partial charge in [-0.1, -0.05) is 18.2 Å². The van der Waals surface area contributed by atoms with Gasteiger partial charge in [0.2, 0.25) is 5.43 Å². The Balaban J connectivity index is 2.44. The lowest BCUT2D eigenvalue weighted by Gasteiger charge is -2.05. The molecule has 0 amide bonds. The summed E-state index contributed by atoms with van der Waals surface area (Å²) in [6, 6.07) is 11.5. The second-order valence-electron chi connectivity index (χ2n) is 4.06. The molecule has 0 saturated carbocycles. The van der Waals surface area contributed by atoms with Gasteiger partial charge in [0, 0.05) is 5.56 Å². The molecule has 0 aliphatic heterocycles. The Morgan fingerprint density at radius 3 is 2.44 bits per heavy atom. The van der Waals surface area contributed by atoms with Crippen LogP contribution in [0.15, 0.2) is 51.7 Å². The van der Waals surface area contributed by atoms with Crippen LogP contribution in [0.2, 0.25) is 0 Å². The van der Waals surface area contributed by atoms with Gasteiger partial charge in [-0.15, -0.1) is 0 Å². The Hall–Kier alpha value is -2.17. The third kappa shape index (κ3) is 1.59. The molecule has 0 fully saturated rings. The first-order valence-corrected chi connectivity index (χ1v) is 5.48. The van der Waals surface area contributed by atoms with Gasteiger partial charge in [-0.3, -0.25) is 4.79 Å². The van der Waals surface area contributed by atoms with Crippen LogP contribution >= 0.6 is 0 Å². The van der Waals surface area contributed by atoms with E-state index < -0.39 is 6.29 Å². The van der Waals surface area contributed by atoms with Crippen LogP contribution < -0.4 is 5.43 Å². The van der Waals surface area contributed by atoms with E-state index >= 15 is 0 Å². The van der Waals surface area contributed by atoms with Crippen LogP contribution in [0.1, 0.15) is 11.9 Å². The Morgan fingerprint density at radius 2 is 1.67 bits per heavy atom. The van der Waals surface area contributed by atoms with E-state index in [1.54, 1.807) is 30.3 Å². The Kier molecular flexibility index (Phi) is 2.40. The highest BCUT2D eigenvalue weighted by molar-refractivity contribution is 5.89. The Bertz CT molecular complexity index is 787. The number of hydrogen-bond donors (Lipinski definition) is 2. The van der Waals surface area contributed by atoms with Crippen molar-refractivity contribution < 1.29 is 14.6 Å². The normalized spacial score (nSPS) is 11.5. The van der Waals surface area contributed by atoms with Crippen molar-refractivity contribution in [3.8, 4) is 0 Å². The molecule has 4 nitrogen and oxygen atoms in total. The van der Waals surface area contributed by atoms with Crippen molar-refractivity contribution in [3.05, 3.63) is 58.3 Å². The summed E-state index contributed by atoms with van der Waals surface area (Å²) >= 11 is 0. The zero-order valence-corrected chi connectivity index (χ0v) is 9.33. The first kappa shape index (κ1) is 11.0. The number of aliphatic hydroxyl groups is 2. The van der Waals surface area contributed by atoms with Crippen molar-refractivity contribution >= 4 is 21.9 Å². The summed E-state index contributed by atoms with van der Waals surface area (Å²) in [6.07, 6.45) is -1.58. The van der Waals surface area contributed by atoms with Gasteiger partial charge < -0.3 is 14.6 Å². The summed E-state index contributed by atoms with van der Waals surface area (Å²) in [7, 11) is 0. The van der Waals surface area contributed by atoms with Crippen molar-refractivity contribution in [2.75, 3.05) is 0 Å². The third-order valence-corrected chi connectivity index (χ3v) is 2.90. The third-order valence-electron chi connectivity index (χ3n) is 2.90. The topological polar surface area (TPSA) is 70.7 Å². The van der Waals surface area contributed by atoms with Crippen LogP contribution in [0.5, 0.6) is 0 Å². The average molecular weight is 242 g/mol. The lowest BCUT2D eigenvalue weighted by atomic mass is 10.1. The van der Waals surface area contributed by atoms with Gasteiger partial charge in [0.15, 0.2) is 6.29 Å². The minimum absolute atomic E-state index is 0.120. The summed E-state index contributed by atoms with van der Waals surface area (Å²) in [4.78, 5) is 12.2. The van der Waals surface area contributed by atoms with Gasteiger partial charge in [0.05, 0.1) is 10.8 Å². The van der Waals surface area contributed by atoms with Crippen molar-refractivity contribution in [3.63, 3.8) is 0 Å². The summed E-state index contributed by atoms with van der Waals surface area (Å²) in [6.45, 7) is 0. The first-order chi connectivity index (χ1) is 8.66. The van der Waals surface area contributed by atoms with Crippen molar-refractivity contribution in [2.45, 2.75) is 6.29 Å². The van der Waals surface area contributed by atoms with Gasteiger partial charge in [-0.2, -0.15) is 0 Å². The van der Waals surface area contributed by atoms with E-state index in [1.807, 2.05) is 0 Å². The minimum Gasteiger partial charge on any atom is -0.456 e. The summed E-state index contributed by atoms with van der Waals surface area (Å²) in [5.74, 6) is 0. The zero-order chi connectivity index (χ0) is 12.7. The largest absolute Gasteiger partial charge is 0.456 e. The molecule has 3 rings (SSSR count). The van der Waals surface area contributed by atoms with Crippen LogP contribution in [0, 0.1) is 0 Å². The second kappa shape index (κ2) is 3.94. The van der Waals surface area contributed by atoms with E-state index in [4.69, 9.17) is 14.6 Å². The van der Waals surface area contributed by atoms with E-state index in [-0.39, 0.29) is 5.43 Å². The molecule has 4 heteroatoms. The number of rotatable bonds is 1. The molecule has 1 heterocycles. The molecule has 18 heavy (non-hydrogen) atoms. The fraction of sp³-hybridized carbons (Fsp3) is 0.0714. The monoisotopic (exact) mass is 242 g/mol. The quantitative estimate of drug-likeness (QED) is 0.505. The SMILES string of the molecule is O=c1c2ccccc2oc2cc(C(O)O)ccc12. The number of hydrogen-bond acceptors (Lipinski definition) is 4. The summed E-state index contributed by atoms with van der Waals surface area (Å²) in [5, 5.41) is 19.1. The molecule has 0 aliphatic carbocycles. The Labute approximate surface area is 102 Å². The van der Waals surface area contributed by atoms with Gasteiger partial charge in [0.1, 0.15) is 11.2 Å². The molecular formula is C14H10O4. The van der Waals surface area contributed by atoms with Crippen molar-refractivity contribution in [2.24, 2.45) is 0 Å². The maximum absolute atomic E-state index is 12.2. The molecule has 0 aliphatic rings. The average Bonchev–Trinajstić information content (AvgIpc) is 2.38. The van der Waals surface area contributed by atoms with E-state index in [9.17, 15) is 4.79 Å². The highest BCUT2D eigenvalue weighted by atomic mass is 16.5. The van der Waals surface area contributed by atoms with Crippen LogP contribution in [0.25, 0.3) is 21.9 Å². The molecular weight excluding hydrogens is 232 g/mol. The number of fused-ring (bicyclic) bond motifs is 2. The molecule has 90 valence electrons. The van der Waals surface area contributed by atoms with Crippen LogP contribution in [-0.4, -0.2) is 10.2 Å². The van der Waals surface area contributed by atoms with Crippen LogP contribution in [0.4, 0.5) is 0 Å². The zero-order valence-electron chi connectivity index (χ0n) is 9.33. The fourth-order valence-corrected chi connectivity index (χ4v) is 1.98. The molecule has 3 aromatic rings. The van der Waals surface area contributed by atoms with Gasteiger partial charge in [-0.05, 0) is 24.3 Å². The van der Waals surface area contributed by atoms with E-state index in [0.717, 1.165) is 0 Å². The molecule has 2 aromatic carbocycles. The number of aliphatic hydroxyl groups excluding tert-OH is 1. The smallest absolute Gasteiger partial charge is 0.200 e. The molecule has 2 N–H and O–H groups in total. The van der Waals surface area contributed by atoms with E-state index in [2.05, 4.69) is 0 Å². The highest BCUT2D eigenvalue weighted by Gasteiger charge is 2.09. The fourth-order valence-electron chi connectivity index (χ4n) is 1.98. The minimum atomic E-state index is -1.58. The maximum atomic E-state index is 12.2. The number of para-hydroxylation sites is 1. The molecule has 0 atom stereocenters. The predicted octanol–water partition coefficient (Wildman–Crippen LogP) is 1.93. The standard InChI is InChI=1S/C14H10O4/c15-13-9-3-1-2-4-11(9)18-12-7-8(14(16)17)5-6-10(12)13/h1-7,14,16-17H. The summed E-state index contributed by atoms with van der Waals surface area (Å²) in [5.41, 5.74) is 1.01. The highest BCUT2D eigenvalue weighted by Crippen LogP contribution is 2.21. The van der Waals surface area contributed by atoms with E-state index in [1.165, 1.54) is 12.1 Å². The molecule has 0 unspecified atom stereocenters. The van der Waals surface area contributed by atoms with Crippen LogP contribution in [0.3, 0.4) is 0 Å². The van der Waals surface area contributed by atoms with Crippen LogP contribution in [-0.2, 0) is 0 Å². The molecule has 0 bridgehead atoms. The Morgan fingerprint density at radius 1 is 0.944 bits per heavy atom. The van der Waals surface area contributed by atoms with Gasteiger partial charge >= 0.3 is 0 Å². The molecule has 0 spiro atoms. The molecule has 1 aromatic heterocycles. The molecule has 0 saturated heterocycles. The van der Waals surface area contributed by atoms with Crippen molar-refractivity contribution in [1.82, 2.24) is 0 Å². The van der Waals surface area contributed by atoms with E-state index in [0.29, 0.717) is 27.5 Å². The first-order valence-electron chi connectivity index (χ1n) is 5.48. The number of benzene rings is 2. The predicted molar refractivity (Wildman–Crippen MR) is 67.2 cm³/mol. The van der Waals surface area contributed by atoms with Crippen molar-refractivity contribution in [1.29, 1.82) is 0 Å². The van der Waals surface area contributed by atoms with Gasteiger partial charge in [0.25, 0.3) is 0 Å². The van der Waals surface area contributed by atoms with Gasteiger partial charge in [-0.25, -0.2) is 0 Å². The summed E-state index contributed by atoms with van der Waals surface area (Å²) < 4.78 is 5.60. The lowest BCUT2D eigenvalue weighted by molar-refractivity contribution is -0.0424. The maximum Gasteiger partial charge on any atom is 0.200 e. The second-order valence-corrected chi connectivity index (χ2v) is 4.06. The molecule has 0 radical (unpaired) electrons.